The summed E-state index contributed by atoms with van der Waals surface area (Å²) in [4.78, 5) is 4.54. The fourth-order valence-electron chi connectivity index (χ4n) is 2.69. The minimum Gasteiger partial charge on any atom is -0.383 e. The van der Waals surface area contributed by atoms with Crippen LogP contribution >= 0.6 is 0 Å². The summed E-state index contributed by atoms with van der Waals surface area (Å²) in [5.74, 6) is 0.890. The van der Waals surface area contributed by atoms with Gasteiger partial charge in [0, 0.05) is 17.5 Å². The van der Waals surface area contributed by atoms with E-state index in [2.05, 4.69) is 4.98 Å². The predicted octanol–water partition coefficient (Wildman–Crippen LogP) is 3.62. The van der Waals surface area contributed by atoms with Crippen LogP contribution in [0.1, 0.15) is 43.5 Å². The van der Waals surface area contributed by atoms with Gasteiger partial charge in [-0.1, -0.05) is 0 Å². The monoisotopic (exact) mass is 275 g/mol. The summed E-state index contributed by atoms with van der Waals surface area (Å²) in [7, 11) is 0. The molecule has 2 N–H and O–H groups in total. The molecule has 0 unspecified atom stereocenters. The van der Waals surface area contributed by atoms with Gasteiger partial charge in [0.1, 0.15) is 29.0 Å². The van der Waals surface area contributed by atoms with Gasteiger partial charge in [-0.15, -0.1) is 0 Å². The Morgan fingerprint density at radius 1 is 1.15 bits per heavy atom. The standard InChI is InChI=1S/C15H15F2N3/c16-9-3-6-12(17)11(7-9)13-14(18)20(10-4-5-10)15(19-13)8-1-2-8/h3,6-8,10H,1-2,4-5,18H2. The molecule has 0 aliphatic heterocycles. The minimum atomic E-state index is -0.485. The van der Waals surface area contributed by atoms with Crippen molar-refractivity contribution in [2.75, 3.05) is 5.73 Å². The van der Waals surface area contributed by atoms with E-state index in [0.29, 0.717) is 23.5 Å². The summed E-state index contributed by atoms with van der Waals surface area (Å²) < 4.78 is 29.3. The number of imidazole rings is 1. The molecule has 104 valence electrons. The molecular formula is C15H15F2N3. The summed E-state index contributed by atoms with van der Waals surface area (Å²) in [6, 6.07) is 3.79. The summed E-state index contributed by atoms with van der Waals surface area (Å²) in [6.07, 6.45) is 4.39. The Morgan fingerprint density at radius 2 is 1.90 bits per heavy atom. The number of anilines is 1. The van der Waals surface area contributed by atoms with Crippen molar-refractivity contribution in [3.63, 3.8) is 0 Å². The van der Waals surface area contributed by atoms with Crippen LogP contribution in [0.25, 0.3) is 11.3 Å². The highest BCUT2D eigenvalue weighted by Crippen LogP contribution is 2.48. The van der Waals surface area contributed by atoms with E-state index in [9.17, 15) is 8.78 Å². The first-order chi connectivity index (χ1) is 9.65. The smallest absolute Gasteiger partial charge is 0.132 e. The van der Waals surface area contributed by atoms with Gasteiger partial charge in [-0.05, 0) is 43.9 Å². The molecular weight excluding hydrogens is 260 g/mol. The highest BCUT2D eigenvalue weighted by Gasteiger charge is 2.37. The number of hydrogen-bond donors (Lipinski definition) is 1. The highest BCUT2D eigenvalue weighted by molar-refractivity contribution is 5.72. The van der Waals surface area contributed by atoms with Crippen LogP contribution < -0.4 is 5.73 Å². The van der Waals surface area contributed by atoms with Gasteiger partial charge in [0.25, 0.3) is 0 Å². The first-order valence-electron chi connectivity index (χ1n) is 6.98. The van der Waals surface area contributed by atoms with Crippen molar-refractivity contribution in [1.29, 1.82) is 0 Å². The molecule has 0 amide bonds. The van der Waals surface area contributed by atoms with Crippen LogP contribution in [0.3, 0.4) is 0 Å². The van der Waals surface area contributed by atoms with E-state index in [0.717, 1.165) is 43.6 Å². The average molecular weight is 275 g/mol. The van der Waals surface area contributed by atoms with Gasteiger partial charge >= 0.3 is 0 Å². The first kappa shape index (κ1) is 11.9. The number of benzene rings is 1. The molecule has 4 rings (SSSR count). The summed E-state index contributed by atoms with van der Waals surface area (Å²) in [5.41, 5.74) is 6.71. The maximum Gasteiger partial charge on any atom is 0.132 e. The molecule has 1 aromatic carbocycles. The van der Waals surface area contributed by atoms with Gasteiger partial charge in [0.2, 0.25) is 0 Å². The van der Waals surface area contributed by atoms with E-state index < -0.39 is 11.6 Å². The van der Waals surface area contributed by atoms with Gasteiger partial charge < -0.3 is 10.3 Å². The predicted molar refractivity (Wildman–Crippen MR) is 72.2 cm³/mol. The van der Waals surface area contributed by atoms with E-state index in [1.165, 1.54) is 6.07 Å². The van der Waals surface area contributed by atoms with E-state index in [1.54, 1.807) is 0 Å². The lowest BCUT2D eigenvalue weighted by atomic mass is 10.1. The normalized spacial score (nSPS) is 18.5. The second-order valence-electron chi connectivity index (χ2n) is 5.70. The van der Waals surface area contributed by atoms with E-state index >= 15 is 0 Å². The fourth-order valence-corrected chi connectivity index (χ4v) is 2.69. The van der Waals surface area contributed by atoms with Crippen LogP contribution in [0, 0.1) is 11.6 Å². The summed E-state index contributed by atoms with van der Waals surface area (Å²) in [6.45, 7) is 0. The first-order valence-corrected chi connectivity index (χ1v) is 6.98. The van der Waals surface area contributed by atoms with Crippen molar-refractivity contribution in [2.24, 2.45) is 0 Å². The molecule has 20 heavy (non-hydrogen) atoms. The fraction of sp³-hybridized carbons (Fsp3) is 0.400. The van der Waals surface area contributed by atoms with Crippen LogP contribution in [0.2, 0.25) is 0 Å². The van der Waals surface area contributed by atoms with E-state index in [4.69, 9.17) is 5.73 Å². The Balaban J connectivity index is 1.89. The topological polar surface area (TPSA) is 43.8 Å². The third-order valence-corrected chi connectivity index (χ3v) is 4.01. The van der Waals surface area contributed by atoms with Gasteiger partial charge in [-0.25, -0.2) is 13.8 Å². The number of nitrogens with zero attached hydrogens (tertiary/aromatic N) is 2. The van der Waals surface area contributed by atoms with Crippen LogP contribution in [0.15, 0.2) is 18.2 Å². The summed E-state index contributed by atoms with van der Waals surface area (Å²) in [5, 5.41) is 0. The Morgan fingerprint density at radius 3 is 2.55 bits per heavy atom. The second kappa shape index (κ2) is 4.04. The second-order valence-corrected chi connectivity index (χ2v) is 5.70. The van der Waals surface area contributed by atoms with Crippen molar-refractivity contribution >= 4 is 5.82 Å². The zero-order valence-electron chi connectivity index (χ0n) is 10.9. The lowest BCUT2D eigenvalue weighted by Gasteiger charge is -2.07. The number of rotatable bonds is 3. The third-order valence-electron chi connectivity index (χ3n) is 4.01. The van der Waals surface area contributed by atoms with Crippen molar-refractivity contribution in [2.45, 2.75) is 37.6 Å². The summed E-state index contributed by atoms with van der Waals surface area (Å²) >= 11 is 0. The average Bonchev–Trinajstić information content (AvgIpc) is 3.31. The third kappa shape index (κ3) is 1.80. The molecule has 0 atom stereocenters. The molecule has 0 saturated heterocycles. The van der Waals surface area contributed by atoms with Crippen LogP contribution in [-0.4, -0.2) is 9.55 Å². The molecule has 1 heterocycles. The molecule has 0 bridgehead atoms. The van der Waals surface area contributed by atoms with Crippen molar-refractivity contribution < 1.29 is 8.78 Å². The molecule has 2 fully saturated rings. The van der Waals surface area contributed by atoms with E-state index in [1.807, 2.05) is 4.57 Å². The van der Waals surface area contributed by atoms with Crippen LogP contribution in [0.4, 0.5) is 14.6 Å². The van der Waals surface area contributed by atoms with Crippen molar-refractivity contribution in [3.05, 3.63) is 35.7 Å². The lowest BCUT2D eigenvalue weighted by molar-refractivity contribution is 0.603. The van der Waals surface area contributed by atoms with Gasteiger partial charge in [-0.2, -0.15) is 0 Å². The highest BCUT2D eigenvalue weighted by atomic mass is 19.1. The Bertz CT molecular complexity index is 685. The molecule has 2 aliphatic carbocycles. The molecule has 0 spiro atoms. The Kier molecular flexibility index (Phi) is 2.40. The maximum absolute atomic E-state index is 13.9. The van der Waals surface area contributed by atoms with Gasteiger partial charge in [0.05, 0.1) is 0 Å². The van der Waals surface area contributed by atoms with Crippen molar-refractivity contribution in [1.82, 2.24) is 9.55 Å². The molecule has 2 aromatic rings. The van der Waals surface area contributed by atoms with Crippen LogP contribution in [0.5, 0.6) is 0 Å². The lowest BCUT2D eigenvalue weighted by Crippen LogP contribution is -2.04. The molecule has 2 saturated carbocycles. The number of nitrogen functional groups attached to an aromatic ring is 1. The minimum absolute atomic E-state index is 0.156. The molecule has 5 heteroatoms. The molecule has 2 aliphatic rings. The molecule has 0 radical (unpaired) electrons. The number of halogens is 2. The number of nitrogens with two attached hydrogens (primary N) is 1. The Labute approximate surface area is 115 Å². The largest absolute Gasteiger partial charge is 0.383 e. The number of hydrogen-bond acceptors (Lipinski definition) is 2. The molecule has 1 aromatic heterocycles. The van der Waals surface area contributed by atoms with E-state index in [-0.39, 0.29) is 5.56 Å². The van der Waals surface area contributed by atoms with Gasteiger partial charge in [0.15, 0.2) is 0 Å². The van der Waals surface area contributed by atoms with Crippen LogP contribution in [-0.2, 0) is 0 Å². The Hall–Kier alpha value is -1.91. The quantitative estimate of drug-likeness (QED) is 0.929. The van der Waals surface area contributed by atoms with Crippen molar-refractivity contribution in [3.8, 4) is 11.3 Å². The zero-order valence-corrected chi connectivity index (χ0v) is 10.9. The number of aromatic nitrogens is 2. The molecule has 3 nitrogen and oxygen atoms in total. The SMILES string of the molecule is Nc1c(-c2cc(F)ccc2F)nc(C2CC2)n1C1CC1. The maximum atomic E-state index is 13.9. The van der Waals surface area contributed by atoms with Gasteiger partial charge in [-0.3, -0.25) is 0 Å². The zero-order chi connectivity index (χ0) is 13.9.